The van der Waals surface area contributed by atoms with Gasteiger partial charge in [-0.2, -0.15) is 0 Å². The van der Waals surface area contributed by atoms with E-state index in [1.165, 1.54) is 6.92 Å². The maximum absolute atomic E-state index is 15.3. The summed E-state index contributed by atoms with van der Waals surface area (Å²) in [5.41, 5.74) is -0.205. The normalized spacial score (nSPS) is 47.6. The third-order valence-corrected chi connectivity index (χ3v) is 9.26. The zero-order valence-corrected chi connectivity index (χ0v) is 17.3. The number of halogens is 1. The van der Waals surface area contributed by atoms with Crippen LogP contribution in [0.3, 0.4) is 0 Å². The Morgan fingerprint density at radius 3 is 2.50 bits per heavy atom. The highest BCUT2D eigenvalue weighted by atomic mass is 19.1. The average molecular weight is 393 g/mol. The van der Waals surface area contributed by atoms with Gasteiger partial charge in [-0.3, -0.25) is 14.4 Å². The maximum atomic E-state index is 15.3. The quantitative estimate of drug-likeness (QED) is 0.672. The van der Waals surface area contributed by atoms with Crippen molar-refractivity contribution < 1.29 is 23.5 Å². The Kier molecular flexibility index (Phi) is 4.95. The van der Waals surface area contributed by atoms with Gasteiger partial charge in [-0.05, 0) is 67.1 Å². The SMILES string of the molecule is CC(=O)OCC(=O)[C@H]1CC[C@H]2[C@@H]3CC(F)C4CC(=O)CC[C@]4(C)[C@H]3CC[C@]12C. The van der Waals surface area contributed by atoms with Crippen molar-refractivity contribution >= 4 is 17.5 Å². The summed E-state index contributed by atoms with van der Waals surface area (Å²) < 4.78 is 20.3. The lowest BCUT2D eigenvalue weighted by atomic mass is 9.44. The molecule has 0 N–H and O–H groups in total. The van der Waals surface area contributed by atoms with E-state index >= 15 is 4.39 Å². The van der Waals surface area contributed by atoms with Crippen LogP contribution in [0.25, 0.3) is 0 Å². The van der Waals surface area contributed by atoms with Gasteiger partial charge < -0.3 is 4.74 Å². The first kappa shape index (κ1) is 20.0. The molecule has 0 amide bonds. The highest BCUT2D eigenvalue weighted by Crippen LogP contribution is 2.67. The number of hydrogen-bond acceptors (Lipinski definition) is 4. The molecular formula is C23H33FO4. The van der Waals surface area contributed by atoms with E-state index < -0.39 is 12.1 Å². The molecule has 0 bridgehead atoms. The number of fused-ring (bicyclic) bond motifs is 5. The number of Topliss-reactive ketones (excluding diaryl/α,β-unsaturated/α-hetero) is 2. The largest absolute Gasteiger partial charge is 0.458 e. The molecule has 0 aromatic carbocycles. The molecule has 4 aliphatic rings. The van der Waals surface area contributed by atoms with Crippen molar-refractivity contribution in [1.82, 2.24) is 0 Å². The molecule has 4 rings (SSSR count). The summed E-state index contributed by atoms with van der Waals surface area (Å²) in [6.45, 7) is 5.63. The number of carbonyl (C=O) groups is 3. The van der Waals surface area contributed by atoms with Gasteiger partial charge in [-0.25, -0.2) is 4.39 Å². The van der Waals surface area contributed by atoms with Gasteiger partial charge in [0.05, 0.1) is 0 Å². The molecule has 0 saturated heterocycles. The molecular weight excluding hydrogens is 359 g/mol. The first-order valence-corrected chi connectivity index (χ1v) is 11.0. The van der Waals surface area contributed by atoms with Gasteiger partial charge in [0.2, 0.25) is 0 Å². The minimum Gasteiger partial charge on any atom is -0.458 e. The van der Waals surface area contributed by atoms with Crippen LogP contribution in [0.15, 0.2) is 0 Å². The molecule has 2 unspecified atom stereocenters. The van der Waals surface area contributed by atoms with Gasteiger partial charge in [0.1, 0.15) is 18.6 Å². The number of rotatable bonds is 3. The minimum absolute atomic E-state index is 0.0265. The van der Waals surface area contributed by atoms with Gasteiger partial charge in [-0.15, -0.1) is 0 Å². The fourth-order valence-corrected chi connectivity index (χ4v) is 7.84. The van der Waals surface area contributed by atoms with E-state index in [9.17, 15) is 14.4 Å². The lowest BCUT2D eigenvalue weighted by Crippen LogP contribution is -2.57. The lowest BCUT2D eigenvalue weighted by molar-refractivity contribution is -0.158. The third-order valence-electron chi connectivity index (χ3n) is 9.26. The van der Waals surface area contributed by atoms with E-state index in [0.29, 0.717) is 37.0 Å². The van der Waals surface area contributed by atoms with Crippen LogP contribution in [0, 0.1) is 40.4 Å². The van der Waals surface area contributed by atoms with Crippen molar-refractivity contribution in [3.63, 3.8) is 0 Å². The van der Waals surface area contributed by atoms with Gasteiger partial charge >= 0.3 is 5.97 Å². The number of hydrogen-bond donors (Lipinski definition) is 0. The van der Waals surface area contributed by atoms with Crippen molar-refractivity contribution in [3.05, 3.63) is 0 Å². The van der Waals surface area contributed by atoms with Gasteiger partial charge in [0.15, 0.2) is 5.78 Å². The maximum Gasteiger partial charge on any atom is 0.303 e. The standard InChI is InChI=1S/C23H33FO4/c1-13(25)28-12-21(27)18-5-4-16-15-11-20(24)19-10-14(26)6-8-23(19,3)17(15)7-9-22(16,18)2/h15-20H,4-12H2,1-3H3/t15-,16-,17-,18+,19?,20?,22-,23+/m0/s1. The Bertz CT molecular complexity index is 690. The summed E-state index contributed by atoms with van der Waals surface area (Å²) in [6.07, 6.45) is 5.22. The molecule has 5 heteroatoms. The summed E-state index contributed by atoms with van der Waals surface area (Å²) in [5, 5.41) is 0. The number of alkyl halides is 1. The number of esters is 1. The monoisotopic (exact) mass is 392 g/mol. The van der Waals surface area contributed by atoms with Crippen LogP contribution < -0.4 is 0 Å². The molecule has 4 aliphatic carbocycles. The Morgan fingerprint density at radius 2 is 1.79 bits per heavy atom. The molecule has 0 aromatic rings. The smallest absolute Gasteiger partial charge is 0.303 e. The zero-order chi connectivity index (χ0) is 20.3. The van der Waals surface area contributed by atoms with Crippen LogP contribution in [0.1, 0.15) is 72.1 Å². The second-order valence-electron chi connectivity index (χ2n) is 10.4. The summed E-state index contributed by atoms with van der Waals surface area (Å²) in [6, 6.07) is 0. The molecule has 4 saturated carbocycles. The van der Waals surface area contributed by atoms with E-state index in [1.807, 2.05) is 0 Å². The highest BCUT2D eigenvalue weighted by Gasteiger charge is 2.63. The molecule has 4 nitrogen and oxygen atoms in total. The van der Waals surface area contributed by atoms with E-state index in [4.69, 9.17) is 4.74 Å². The summed E-state index contributed by atoms with van der Waals surface area (Å²) >= 11 is 0. The third kappa shape index (κ3) is 2.95. The first-order chi connectivity index (χ1) is 13.2. The Hall–Kier alpha value is -1.26. The molecule has 0 heterocycles. The zero-order valence-electron chi connectivity index (χ0n) is 17.3. The number of carbonyl (C=O) groups excluding carboxylic acids is 3. The van der Waals surface area contributed by atoms with Crippen LogP contribution in [-0.2, 0) is 19.1 Å². The first-order valence-electron chi connectivity index (χ1n) is 11.0. The van der Waals surface area contributed by atoms with Crippen LogP contribution in [0.5, 0.6) is 0 Å². The molecule has 0 spiro atoms. The molecule has 0 aromatic heterocycles. The molecule has 8 atom stereocenters. The van der Waals surface area contributed by atoms with Crippen molar-refractivity contribution in [2.45, 2.75) is 78.3 Å². The highest BCUT2D eigenvalue weighted by molar-refractivity contribution is 5.85. The Labute approximate surface area is 167 Å². The van der Waals surface area contributed by atoms with E-state index in [1.54, 1.807) is 0 Å². The molecule has 0 aliphatic heterocycles. The van der Waals surface area contributed by atoms with Crippen LogP contribution in [0.2, 0.25) is 0 Å². The molecule has 0 radical (unpaired) electrons. The molecule has 4 fully saturated rings. The Morgan fingerprint density at radius 1 is 1.07 bits per heavy atom. The fourth-order valence-electron chi connectivity index (χ4n) is 7.84. The lowest BCUT2D eigenvalue weighted by Gasteiger charge is -2.60. The topological polar surface area (TPSA) is 60.4 Å². The van der Waals surface area contributed by atoms with Crippen molar-refractivity contribution in [2.75, 3.05) is 6.61 Å². The second-order valence-corrected chi connectivity index (χ2v) is 10.4. The van der Waals surface area contributed by atoms with Crippen LogP contribution in [-0.4, -0.2) is 30.3 Å². The van der Waals surface area contributed by atoms with Crippen LogP contribution >= 0.6 is 0 Å². The van der Waals surface area contributed by atoms with Gasteiger partial charge in [-0.1, -0.05) is 13.8 Å². The second kappa shape index (κ2) is 6.91. The Balaban J connectivity index is 1.56. The predicted molar refractivity (Wildman–Crippen MR) is 102 cm³/mol. The molecule has 156 valence electrons. The molecule has 28 heavy (non-hydrogen) atoms. The fraction of sp³-hybridized carbons (Fsp3) is 0.870. The number of ether oxygens (including phenoxy) is 1. The summed E-state index contributed by atoms with van der Waals surface area (Å²) in [5.74, 6) is 0.727. The van der Waals surface area contributed by atoms with Crippen molar-refractivity contribution in [1.29, 1.82) is 0 Å². The van der Waals surface area contributed by atoms with E-state index in [0.717, 1.165) is 32.1 Å². The summed E-state index contributed by atoms with van der Waals surface area (Å²) in [4.78, 5) is 35.9. The summed E-state index contributed by atoms with van der Waals surface area (Å²) in [7, 11) is 0. The van der Waals surface area contributed by atoms with Crippen molar-refractivity contribution in [2.24, 2.45) is 40.4 Å². The van der Waals surface area contributed by atoms with Crippen LogP contribution in [0.4, 0.5) is 4.39 Å². The van der Waals surface area contributed by atoms with E-state index in [-0.39, 0.29) is 40.8 Å². The average Bonchev–Trinajstić information content (AvgIpc) is 2.99. The van der Waals surface area contributed by atoms with Gasteiger partial charge in [0, 0.05) is 31.6 Å². The minimum atomic E-state index is -0.909. The van der Waals surface area contributed by atoms with E-state index in [2.05, 4.69) is 13.8 Å². The van der Waals surface area contributed by atoms with Crippen molar-refractivity contribution in [3.8, 4) is 0 Å². The number of ketones is 2. The van der Waals surface area contributed by atoms with Gasteiger partial charge in [0.25, 0.3) is 0 Å². The predicted octanol–water partition coefficient (Wildman–Crippen LogP) is 4.29.